The quantitative estimate of drug-likeness (QED) is 0.912. The van der Waals surface area contributed by atoms with E-state index in [0.717, 1.165) is 45.3 Å². The smallest absolute Gasteiger partial charge is 0.0701 e. The van der Waals surface area contributed by atoms with Crippen LogP contribution < -0.4 is 5.32 Å². The first-order valence-corrected chi connectivity index (χ1v) is 8.73. The second-order valence-electron chi connectivity index (χ2n) is 5.32. The minimum Gasteiger partial charge on any atom is -0.381 e. The SMILES string of the molecule is Brc1ccc([C@H](C2CCOCC2)N2CCNCC2)s1. The Balaban J connectivity index is 1.81. The summed E-state index contributed by atoms with van der Waals surface area (Å²) in [5.74, 6) is 0.748. The monoisotopic (exact) mass is 344 g/mol. The minimum atomic E-state index is 0.585. The van der Waals surface area contributed by atoms with Gasteiger partial charge in [-0.2, -0.15) is 0 Å². The maximum Gasteiger partial charge on any atom is 0.0701 e. The zero-order chi connectivity index (χ0) is 13.1. The summed E-state index contributed by atoms with van der Waals surface area (Å²) in [6.07, 6.45) is 2.40. The molecular formula is C14H21BrN2OS. The Bertz CT molecular complexity index is 382. The summed E-state index contributed by atoms with van der Waals surface area (Å²) in [7, 11) is 0. The zero-order valence-electron chi connectivity index (χ0n) is 11.1. The Morgan fingerprint density at radius 3 is 2.63 bits per heavy atom. The van der Waals surface area contributed by atoms with Crippen molar-refractivity contribution in [2.75, 3.05) is 39.4 Å². The van der Waals surface area contributed by atoms with Gasteiger partial charge in [-0.1, -0.05) is 0 Å². The Morgan fingerprint density at radius 2 is 2.00 bits per heavy atom. The van der Waals surface area contributed by atoms with Crippen LogP contribution in [0.1, 0.15) is 23.8 Å². The summed E-state index contributed by atoms with van der Waals surface area (Å²) < 4.78 is 6.79. The number of nitrogens with one attached hydrogen (secondary N) is 1. The maximum atomic E-state index is 5.54. The van der Waals surface area contributed by atoms with E-state index in [1.807, 2.05) is 11.3 Å². The van der Waals surface area contributed by atoms with Crippen LogP contribution in [-0.2, 0) is 4.74 Å². The van der Waals surface area contributed by atoms with Gasteiger partial charge in [-0.15, -0.1) is 11.3 Å². The highest BCUT2D eigenvalue weighted by atomic mass is 79.9. The molecule has 1 atom stereocenters. The van der Waals surface area contributed by atoms with Gasteiger partial charge in [-0.25, -0.2) is 0 Å². The molecule has 5 heteroatoms. The fourth-order valence-corrected chi connectivity index (χ4v) is 4.84. The molecule has 0 aromatic carbocycles. The third-order valence-electron chi connectivity index (χ3n) is 4.14. The van der Waals surface area contributed by atoms with Crippen LogP contribution in [0.4, 0.5) is 0 Å². The van der Waals surface area contributed by atoms with Crippen molar-refractivity contribution in [2.24, 2.45) is 5.92 Å². The van der Waals surface area contributed by atoms with Crippen LogP contribution in [0.3, 0.4) is 0 Å². The summed E-state index contributed by atoms with van der Waals surface area (Å²) in [5.41, 5.74) is 0. The second-order valence-corrected chi connectivity index (χ2v) is 7.82. The summed E-state index contributed by atoms with van der Waals surface area (Å²) in [6.45, 7) is 6.42. The van der Waals surface area contributed by atoms with Crippen LogP contribution in [0.5, 0.6) is 0 Å². The van der Waals surface area contributed by atoms with Crippen LogP contribution in [-0.4, -0.2) is 44.3 Å². The molecule has 2 aliphatic rings. The molecule has 0 bridgehead atoms. The highest BCUT2D eigenvalue weighted by molar-refractivity contribution is 9.11. The van der Waals surface area contributed by atoms with E-state index in [4.69, 9.17) is 4.74 Å². The highest BCUT2D eigenvalue weighted by Crippen LogP contribution is 2.39. The number of piperazine rings is 1. The molecule has 1 aromatic rings. The van der Waals surface area contributed by atoms with Crippen molar-refractivity contribution in [3.63, 3.8) is 0 Å². The van der Waals surface area contributed by atoms with Gasteiger partial charge in [0.1, 0.15) is 0 Å². The maximum absolute atomic E-state index is 5.54. The predicted molar refractivity (Wildman–Crippen MR) is 82.7 cm³/mol. The Morgan fingerprint density at radius 1 is 1.26 bits per heavy atom. The first-order valence-electron chi connectivity index (χ1n) is 7.12. The molecule has 0 saturated carbocycles. The van der Waals surface area contributed by atoms with Crippen LogP contribution in [0.2, 0.25) is 0 Å². The van der Waals surface area contributed by atoms with Crippen LogP contribution >= 0.6 is 27.3 Å². The molecule has 0 amide bonds. The van der Waals surface area contributed by atoms with Crippen molar-refractivity contribution in [3.8, 4) is 0 Å². The number of thiophene rings is 1. The molecule has 106 valence electrons. The van der Waals surface area contributed by atoms with Crippen molar-refractivity contribution in [2.45, 2.75) is 18.9 Å². The van der Waals surface area contributed by atoms with Crippen molar-refractivity contribution in [1.29, 1.82) is 0 Å². The van der Waals surface area contributed by atoms with E-state index >= 15 is 0 Å². The van der Waals surface area contributed by atoms with Gasteiger partial charge in [0.15, 0.2) is 0 Å². The van der Waals surface area contributed by atoms with Gasteiger partial charge >= 0.3 is 0 Å². The summed E-state index contributed by atoms with van der Waals surface area (Å²) in [4.78, 5) is 4.19. The van der Waals surface area contributed by atoms with E-state index in [2.05, 4.69) is 38.3 Å². The van der Waals surface area contributed by atoms with E-state index in [9.17, 15) is 0 Å². The number of hydrogen-bond acceptors (Lipinski definition) is 4. The molecule has 3 rings (SSSR count). The number of ether oxygens (including phenoxy) is 1. The summed E-state index contributed by atoms with van der Waals surface area (Å²) in [5, 5.41) is 3.46. The highest BCUT2D eigenvalue weighted by Gasteiger charge is 2.32. The molecule has 0 unspecified atom stereocenters. The average Bonchev–Trinajstić information content (AvgIpc) is 2.88. The molecule has 1 aromatic heterocycles. The summed E-state index contributed by atoms with van der Waals surface area (Å²) >= 11 is 5.51. The van der Waals surface area contributed by atoms with Gasteiger partial charge in [0, 0.05) is 50.3 Å². The molecule has 0 spiro atoms. The Hall–Kier alpha value is 0.0600. The largest absolute Gasteiger partial charge is 0.381 e. The Kier molecular flexibility index (Phi) is 4.92. The third kappa shape index (κ3) is 3.39. The lowest BCUT2D eigenvalue weighted by Gasteiger charge is -2.40. The standard InChI is InChI=1S/C14H21BrN2OS/c15-13-2-1-12(19-13)14(11-3-9-18-10-4-11)17-7-5-16-6-8-17/h1-2,11,14,16H,3-10H2/t14-/m0/s1. The van der Waals surface area contributed by atoms with Gasteiger partial charge in [-0.05, 0) is 46.8 Å². The molecule has 2 aliphatic heterocycles. The first-order chi connectivity index (χ1) is 9.34. The lowest BCUT2D eigenvalue weighted by molar-refractivity contribution is 0.0223. The van der Waals surface area contributed by atoms with Crippen molar-refractivity contribution in [1.82, 2.24) is 10.2 Å². The lowest BCUT2D eigenvalue weighted by Crippen LogP contribution is -2.47. The van der Waals surface area contributed by atoms with E-state index in [1.54, 1.807) is 0 Å². The molecule has 0 aliphatic carbocycles. The van der Waals surface area contributed by atoms with E-state index in [1.165, 1.54) is 21.5 Å². The molecule has 2 fully saturated rings. The first kappa shape index (κ1) is 14.0. The molecule has 3 heterocycles. The van der Waals surface area contributed by atoms with Crippen molar-refractivity contribution < 1.29 is 4.74 Å². The van der Waals surface area contributed by atoms with Crippen LogP contribution in [0.25, 0.3) is 0 Å². The fraction of sp³-hybridized carbons (Fsp3) is 0.714. The Labute approximate surface area is 127 Å². The third-order valence-corrected chi connectivity index (χ3v) is 5.84. The number of rotatable bonds is 3. The minimum absolute atomic E-state index is 0.585. The van der Waals surface area contributed by atoms with Gasteiger partial charge in [0.05, 0.1) is 3.79 Å². The topological polar surface area (TPSA) is 24.5 Å². The molecule has 1 N–H and O–H groups in total. The number of hydrogen-bond donors (Lipinski definition) is 1. The van der Waals surface area contributed by atoms with Crippen LogP contribution in [0.15, 0.2) is 15.9 Å². The number of halogens is 1. The van der Waals surface area contributed by atoms with E-state index in [0.29, 0.717) is 6.04 Å². The van der Waals surface area contributed by atoms with Crippen molar-refractivity contribution >= 4 is 27.3 Å². The molecular weight excluding hydrogens is 324 g/mol. The van der Waals surface area contributed by atoms with Gasteiger partial charge in [0.2, 0.25) is 0 Å². The lowest BCUT2D eigenvalue weighted by atomic mass is 9.89. The average molecular weight is 345 g/mol. The van der Waals surface area contributed by atoms with Crippen LogP contribution in [0, 0.1) is 5.92 Å². The second kappa shape index (κ2) is 6.68. The molecule has 19 heavy (non-hydrogen) atoms. The van der Waals surface area contributed by atoms with Crippen molar-refractivity contribution in [3.05, 3.63) is 20.8 Å². The fourth-order valence-electron chi connectivity index (χ4n) is 3.19. The molecule has 3 nitrogen and oxygen atoms in total. The van der Waals surface area contributed by atoms with Gasteiger partial charge in [0.25, 0.3) is 0 Å². The van der Waals surface area contributed by atoms with E-state index < -0.39 is 0 Å². The summed E-state index contributed by atoms with van der Waals surface area (Å²) in [6, 6.07) is 5.08. The molecule has 0 radical (unpaired) electrons. The van der Waals surface area contributed by atoms with Gasteiger partial charge < -0.3 is 10.1 Å². The number of nitrogens with zero attached hydrogens (tertiary/aromatic N) is 1. The predicted octanol–water partition coefficient (Wildman–Crippen LogP) is 2.88. The van der Waals surface area contributed by atoms with Gasteiger partial charge in [-0.3, -0.25) is 4.90 Å². The molecule has 2 saturated heterocycles. The van der Waals surface area contributed by atoms with E-state index in [-0.39, 0.29) is 0 Å². The normalized spacial score (nSPS) is 24.5. The zero-order valence-corrected chi connectivity index (χ0v) is 13.5.